The summed E-state index contributed by atoms with van der Waals surface area (Å²) in [6.07, 6.45) is 0.792. The van der Waals surface area contributed by atoms with Crippen molar-refractivity contribution < 1.29 is 29.3 Å². The number of nitrogens with one attached hydrogen (secondary N) is 1. The fraction of sp³-hybridized carbons (Fsp3) is 0.704. The second-order valence-electron chi connectivity index (χ2n) is 10.7. The van der Waals surface area contributed by atoms with Crippen molar-refractivity contribution in [1.29, 1.82) is 0 Å². The molecule has 0 unspecified atom stereocenters. The molecule has 0 spiro atoms. The van der Waals surface area contributed by atoms with Gasteiger partial charge in [-0.15, -0.1) is 0 Å². The summed E-state index contributed by atoms with van der Waals surface area (Å²) in [5.74, 6) is 0.193. The van der Waals surface area contributed by atoms with Crippen LogP contribution >= 0.6 is 0 Å². The van der Waals surface area contributed by atoms with Crippen LogP contribution in [0.3, 0.4) is 0 Å². The summed E-state index contributed by atoms with van der Waals surface area (Å²) in [4.78, 5) is 31.9. The maximum absolute atomic E-state index is 13.1. The first kappa shape index (κ1) is 26.2. The molecule has 4 heterocycles. The van der Waals surface area contributed by atoms with Gasteiger partial charge in [-0.25, -0.2) is 0 Å². The Morgan fingerprint density at radius 2 is 1.81 bits per heavy atom. The second-order valence-corrected chi connectivity index (χ2v) is 10.7. The Labute approximate surface area is 218 Å². The number of morpholine rings is 1. The number of hydrogen-bond donors (Lipinski definition) is 3. The van der Waals surface area contributed by atoms with E-state index >= 15 is 0 Å². The van der Waals surface area contributed by atoms with Gasteiger partial charge in [0.15, 0.2) is 0 Å². The average Bonchev–Trinajstić information content (AvgIpc) is 3.47. The molecular weight excluding hydrogens is 476 g/mol. The zero-order chi connectivity index (χ0) is 25.8. The molecule has 0 radical (unpaired) electrons. The van der Waals surface area contributed by atoms with E-state index in [-0.39, 0.29) is 30.9 Å². The molecule has 0 aliphatic carbocycles. The fourth-order valence-electron chi connectivity index (χ4n) is 6.06. The van der Waals surface area contributed by atoms with Crippen molar-refractivity contribution in [3.8, 4) is 5.75 Å². The van der Waals surface area contributed by atoms with E-state index in [2.05, 4.69) is 16.3 Å². The molecule has 3 saturated heterocycles. The summed E-state index contributed by atoms with van der Waals surface area (Å²) in [6.45, 7) is 6.00. The number of amides is 2. The molecule has 0 saturated carbocycles. The number of carbonyl (C=O) groups is 2. The summed E-state index contributed by atoms with van der Waals surface area (Å²) >= 11 is 0. The highest BCUT2D eigenvalue weighted by Crippen LogP contribution is 2.33. The second kappa shape index (κ2) is 12.0. The van der Waals surface area contributed by atoms with Crippen LogP contribution in [0, 0.1) is 11.8 Å². The number of rotatable bonds is 3. The van der Waals surface area contributed by atoms with Gasteiger partial charge in [-0.1, -0.05) is 0 Å². The third-order valence-electron chi connectivity index (χ3n) is 8.31. The average molecular weight is 517 g/mol. The van der Waals surface area contributed by atoms with Crippen molar-refractivity contribution >= 4 is 17.5 Å². The van der Waals surface area contributed by atoms with Gasteiger partial charge in [0.25, 0.3) is 0 Å². The molecule has 37 heavy (non-hydrogen) atoms. The monoisotopic (exact) mass is 516 g/mol. The molecule has 1 aromatic carbocycles. The van der Waals surface area contributed by atoms with Gasteiger partial charge in [-0.3, -0.25) is 9.59 Å². The number of likely N-dealkylation sites (tertiary alicyclic amines) is 1. The number of anilines is 1. The first-order valence-corrected chi connectivity index (χ1v) is 13.7. The Kier molecular flexibility index (Phi) is 8.49. The van der Waals surface area contributed by atoms with E-state index in [9.17, 15) is 19.8 Å². The zero-order valence-corrected chi connectivity index (χ0v) is 21.5. The van der Waals surface area contributed by atoms with Crippen LogP contribution < -0.4 is 15.0 Å². The number of ether oxygens (including phenoxy) is 2. The van der Waals surface area contributed by atoms with Crippen molar-refractivity contribution in [2.75, 3.05) is 70.5 Å². The third kappa shape index (κ3) is 6.19. The van der Waals surface area contributed by atoms with Crippen LogP contribution in [0.25, 0.3) is 0 Å². The number of aliphatic hydroxyl groups excluding tert-OH is 2. The number of fused-ring (bicyclic) bond motifs is 3. The highest BCUT2D eigenvalue weighted by Gasteiger charge is 2.40. The molecule has 5 rings (SSSR count). The third-order valence-corrected chi connectivity index (χ3v) is 8.31. The molecule has 204 valence electrons. The Morgan fingerprint density at radius 3 is 2.59 bits per heavy atom. The van der Waals surface area contributed by atoms with Gasteiger partial charge in [0, 0.05) is 69.4 Å². The summed E-state index contributed by atoms with van der Waals surface area (Å²) in [5, 5.41) is 25.4. The quantitative estimate of drug-likeness (QED) is 0.522. The van der Waals surface area contributed by atoms with Gasteiger partial charge in [0.1, 0.15) is 18.5 Å². The van der Waals surface area contributed by atoms with E-state index in [1.54, 1.807) is 4.90 Å². The van der Waals surface area contributed by atoms with Gasteiger partial charge in [0.05, 0.1) is 25.9 Å². The van der Waals surface area contributed by atoms with Crippen molar-refractivity contribution in [3.05, 3.63) is 23.8 Å². The van der Waals surface area contributed by atoms with Crippen LogP contribution in [-0.4, -0.2) is 110 Å². The zero-order valence-electron chi connectivity index (χ0n) is 21.5. The lowest BCUT2D eigenvalue weighted by atomic mass is 9.78. The minimum absolute atomic E-state index is 0.0398. The maximum Gasteiger partial charge on any atom is 0.236 e. The molecule has 4 aliphatic rings. The lowest BCUT2D eigenvalue weighted by Crippen LogP contribution is -2.53. The van der Waals surface area contributed by atoms with E-state index in [1.165, 1.54) is 0 Å². The standard InChI is InChI=1S/C27H40N4O6/c32-23-18-37-24-4-3-21(29-9-11-36-12-10-29)13-20(24)15-28-16-26(34)31-8-5-19(22(17-31)27(23)35)14-25(33)30-6-1-2-7-30/h3-4,13,19,22-23,27-28,32,35H,1-2,5-12,14-18H2/t19-,22-,23+,27-/m0/s1. The lowest BCUT2D eigenvalue weighted by molar-refractivity contribution is -0.139. The van der Waals surface area contributed by atoms with Crippen molar-refractivity contribution in [2.24, 2.45) is 11.8 Å². The maximum atomic E-state index is 13.1. The molecule has 1 aromatic rings. The minimum Gasteiger partial charge on any atom is -0.490 e. The highest BCUT2D eigenvalue weighted by atomic mass is 16.5. The molecule has 2 bridgehead atoms. The Balaban J connectivity index is 1.32. The summed E-state index contributed by atoms with van der Waals surface area (Å²) in [5.41, 5.74) is 1.96. The number of hydrogen-bond acceptors (Lipinski definition) is 8. The molecular formula is C27H40N4O6. The normalized spacial score (nSPS) is 29.6. The van der Waals surface area contributed by atoms with Gasteiger partial charge in [0.2, 0.25) is 11.8 Å². The summed E-state index contributed by atoms with van der Waals surface area (Å²) in [7, 11) is 0. The molecule has 10 nitrogen and oxygen atoms in total. The molecule has 2 amide bonds. The highest BCUT2D eigenvalue weighted by molar-refractivity contribution is 5.79. The van der Waals surface area contributed by atoms with E-state index in [1.807, 2.05) is 17.0 Å². The van der Waals surface area contributed by atoms with Crippen molar-refractivity contribution in [2.45, 2.75) is 44.4 Å². The van der Waals surface area contributed by atoms with E-state index in [4.69, 9.17) is 9.47 Å². The summed E-state index contributed by atoms with van der Waals surface area (Å²) < 4.78 is 11.5. The Bertz CT molecular complexity index is 949. The van der Waals surface area contributed by atoms with Crippen molar-refractivity contribution in [1.82, 2.24) is 15.1 Å². The van der Waals surface area contributed by atoms with E-state index < -0.39 is 18.1 Å². The van der Waals surface area contributed by atoms with Gasteiger partial charge in [-0.05, 0) is 43.4 Å². The number of benzene rings is 1. The van der Waals surface area contributed by atoms with E-state index in [0.717, 1.165) is 50.3 Å². The van der Waals surface area contributed by atoms with Gasteiger partial charge >= 0.3 is 0 Å². The minimum atomic E-state index is -1.13. The molecule has 4 atom stereocenters. The number of piperidine rings is 1. The predicted molar refractivity (Wildman–Crippen MR) is 137 cm³/mol. The van der Waals surface area contributed by atoms with E-state index in [0.29, 0.717) is 51.4 Å². The summed E-state index contributed by atoms with van der Waals surface area (Å²) in [6, 6.07) is 5.94. The van der Waals surface area contributed by atoms with Crippen LogP contribution in [0.4, 0.5) is 5.69 Å². The number of carbonyl (C=O) groups excluding carboxylic acids is 2. The molecule has 0 aromatic heterocycles. The lowest BCUT2D eigenvalue weighted by Gasteiger charge is -2.42. The Morgan fingerprint density at radius 1 is 1.03 bits per heavy atom. The molecule has 4 aliphatic heterocycles. The molecule has 10 heteroatoms. The van der Waals surface area contributed by atoms with Gasteiger partial charge in [-0.2, -0.15) is 0 Å². The van der Waals surface area contributed by atoms with Crippen LogP contribution in [-0.2, 0) is 20.9 Å². The Hall–Kier alpha value is -2.40. The first-order valence-electron chi connectivity index (χ1n) is 13.7. The smallest absolute Gasteiger partial charge is 0.236 e. The number of nitrogens with zero attached hydrogens (tertiary/aromatic N) is 3. The van der Waals surface area contributed by atoms with Crippen LogP contribution in [0.15, 0.2) is 18.2 Å². The van der Waals surface area contributed by atoms with Crippen molar-refractivity contribution in [3.63, 3.8) is 0 Å². The predicted octanol–water partition coefficient (Wildman–Crippen LogP) is 0.204. The fourth-order valence-corrected chi connectivity index (χ4v) is 6.06. The van der Waals surface area contributed by atoms with Crippen LogP contribution in [0.1, 0.15) is 31.2 Å². The topological polar surface area (TPSA) is 115 Å². The van der Waals surface area contributed by atoms with Crippen LogP contribution in [0.2, 0.25) is 0 Å². The van der Waals surface area contributed by atoms with Crippen LogP contribution in [0.5, 0.6) is 5.75 Å². The first-order chi connectivity index (χ1) is 18.0. The molecule has 3 fully saturated rings. The SMILES string of the molecule is O=C(C[C@@H]1CCN2C[C@@H]1[C@H](O)[C@H](O)COc1ccc(N3CCOCC3)cc1CNCC2=O)N1CCCC1. The largest absolute Gasteiger partial charge is 0.490 e. The molecule has 3 N–H and O–H groups in total. The van der Waals surface area contributed by atoms with Gasteiger partial charge < -0.3 is 39.7 Å². The number of aliphatic hydroxyl groups is 2.